The lowest BCUT2D eigenvalue weighted by Crippen LogP contribution is -2.06. The molecule has 2 aromatic rings. The zero-order chi connectivity index (χ0) is 11.0. The van der Waals surface area contributed by atoms with E-state index in [1.165, 1.54) is 22.4 Å². The lowest BCUT2D eigenvalue weighted by Gasteiger charge is -2.15. The largest absolute Gasteiger partial charge is 0.378 e. The summed E-state index contributed by atoms with van der Waals surface area (Å²) in [6.45, 7) is 2.22. The van der Waals surface area contributed by atoms with E-state index in [4.69, 9.17) is 0 Å². The van der Waals surface area contributed by atoms with E-state index >= 15 is 0 Å². The molecule has 1 N–H and O–H groups in total. The minimum Gasteiger partial charge on any atom is -0.378 e. The van der Waals surface area contributed by atoms with Crippen molar-refractivity contribution in [1.29, 1.82) is 0 Å². The molecule has 0 saturated carbocycles. The van der Waals surface area contributed by atoms with Crippen LogP contribution >= 0.6 is 0 Å². The van der Waals surface area contributed by atoms with Gasteiger partial charge in [-0.2, -0.15) is 0 Å². The first kappa shape index (κ1) is 9.46. The molecule has 0 unspecified atom stereocenters. The van der Waals surface area contributed by atoms with E-state index in [9.17, 15) is 0 Å². The molecule has 0 fully saturated rings. The van der Waals surface area contributed by atoms with Crippen molar-refractivity contribution < 1.29 is 0 Å². The Morgan fingerprint density at radius 2 is 1.62 bits per heavy atom. The lowest BCUT2D eigenvalue weighted by atomic mass is 9.98. The second-order valence-electron chi connectivity index (χ2n) is 4.40. The van der Waals surface area contributed by atoms with E-state index in [0.29, 0.717) is 6.04 Å². The maximum absolute atomic E-state index is 3.58. The monoisotopic (exact) mass is 209 g/mol. The second-order valence-corrected chi connectivity index (χ2v) is 4.40. The summed E-state index contributed by atoms with van der Waals surface area (Å²) in [6, 6.07) is 17.7. The number of anilines is 1. The number of nitrogens with one attached hydrogen (secondary N) is 1. The first-order valence-corrected chi connectivity index (χ1v) is 5.77. The molecule has 0 aromatic heterocycles. The molecule has 1 heteroatoms. The van der Waals surface area contributed by atoms with E-state index in [2.05, 4.69) is 60.8 Å². The lowest BCUT2D eigenvalue weighted by molar-refractivity contribution is 0.881. The van der Waals surface area contributed by atoms with Gasteiger partial charge in [-0.3, -0.25) is 0 Å². The van der Waals surface area contributed by atoms with Gasteiger partial charge in [-0.05, 0) is 36.1 Å². The first-order chi connectivity index (χ1) is 7.84. The molecule has 0 spiro atoms. The molecular weight excluding hydrogens is 194 g/mol. The molecule has 0 saturated heterocycles. The summed E-state index contributed by atoms with van der Waals surface area (Å²) in [7, 11) is 0. The fourth-order valence-corrected chi connectivity index (χ4v) is 2.45. The van der Waals surface area contributed by atoms with E-state index in [0.717, 1.165) is 6.42 Å². The standard InChI is InChI=1S/C15H15N/c1-11-14-8-4-2-6-12(14)10-13-7-3-5-9-15(13)16-11/h2-9,11,16H,10H2,1H3/t11-/m0/s1. The highest BCUT2D eigenvalue weighted by Crippen LogP contribution is 2.31. The van der Waals surface area contributed by atoms with Crippen molar-refractivity contribution in [3.63, 3.8) is 0 Å². The van der Waals surface area contributed by atoms with Gasteiger partial charge in [0.15, 0.2) is 0 Å². The molecule has 1 heterocycles. The van der Waals surface area contributed by atoms with Crippen LogP contribution in [0.2, 0.25) is 0 Å². The van der Waals surface area contributed by atoms with Crippen LogP contribution in [0.4, 0.5) is 5.69 Å². The van der Waals surface area contributed by atoms with Crippen LogP contribution in [-0.4, -0.2) is 0 Å². The SMILES string of the molecule is C[C@@H]1Nc2ccccc2Cc2ccccc21. The zero-order valence-corrected chi connectivity index (χ0v) is 9.40. The van der Waals surface area contributed by atoms with Gasteiger partial charge in [0, 0.05) is 11.7 Å². The minimum atomic E-state index is 0.389. The highest BCUT2D eigenvalue weighted by molar-refractivity contribution is 5.57. The third kappa shape index (κ3) is 1.49. The van der Waals surface area contributed by atoms with Crippen LogP contribution in [0.15, 0.2) is 48.5 Å². The van der Waals surface area contributed by atoms with Crippen LogP contribution in [0.25, 0.3) is 0 Å². The van der Waals surface area contributed by atoms with Crippen LogP contribution in [-0.2, 0) is 6.42 Å². The quantitative estimate of drug-likeness (QED) is 0.696. The summed E-state index contributed by atoms with van der Waals surface area (Å²) in [5.41, 5.74) is 5.51. The maximum atomic E-state index is 3.58. The molecule has 0 amide bonds. The third-order valence-corrected chi connectivity index (χ3v) is 3.29. The predicted molar refractivity (Wildman–Crippen MR) is 67.7 cm³/mol. The highest BCUT2D eigenvalue weighted by atomic mass is 14.9. The molecule has 0 aliphatic carbocycles. The Balaban J connectivity index is 2.15. The number of hydrogen-bond acceptors (Lipinski definition) is 1. The minimum absolute atomic E-state index is 0.389. The van der Waals surface area contributed by atoms with Crippen molar-refractivity contribution in [2.75, 3.05) is 5.32 Å². The van der Waals surface area contributed by atoms with Gasteiger partial charge in [-0.1, -0.05) is 42.5 Å². The summed E-state index contributed by atoms with van der Waals surface area (Å²) in [5.74, 6) is 0. The van der Waals surface area contributed by atoms with E-state index in [1.807, 2.05) is 0 Å². The average molecular weight is 209 g/mol. The third-order valence-electron chi connectivity index (χ3n) is 3.29. The Morgan fingerprint density at radius 3 is 2.50 bits per heavy atom. The molecule has 3 rings (SSSR count). The molecular formula is C15H15N. The van der Waals surface area contributed by atoms with Crippen molar-refractivity contribution in [2.45, 2.75) is 19.4 Å². The van der Waals surface area contributed by atoms with Gasteiger partial charge in [0.2, 0.25) is 0 Å². The summed E-state index contributed by atoms with van der Waals surface area (Å²) in [5, 5.41) is 3.58. The smallest absolute Gasteiger partial charge is 0.0488 e. The van der Waals surface area contributed by atoms with Gasteiger partial charge in [0.25, 0.3) is 0 Å². The molecule has 80 valence electrons. The molecule has 1 aliphatic heterocycles. The van der Waals surface area contributed by atoms with E-state index in [-0.39, 0.29) is 0 Å². The number of benzene rings is 2. The van der Waals surface area contributed by atoms with Crippen molar-refractivity contribution >= 4 is 5.69 Å². The fourth-order valence-electron chi connectivity index (χ4n) is 2.45. The Labute approximate surface area is 96.1 Å². The van der Waals surface area contributed by atoms with Crippen molar-refractivity contribution in [2.24, 2.45) is 0 Å². The van der Waals surface area contributed by atoms with Crippen LogP contribution in [0, 0.1) is 0 Å². The van der Waals surface area contributed by atoms with Crippen LogP contribution in [0.3, 0.4) is 0 Å². The van der Waals surface area contributed by atoms with Gasteiger partial charge >= 0.3 is 0 Å². The second kappa shape index (κ2) is 3.67. The Hall–Kier alpha value is -1.76. The molecule has 1 nitrogen and oxygen atoms in total. The Kier molecular flexibility index (Phi) is 2.17. The van der Waals surface area contributed by atoms with Crippen molar-refractivity contribution in [3.05, 3.63) is 65.2 Å². The van der Waals surface area contributed by atoms with Crippen LogP contribution in [0.5, 0.6) is 0 Å². The molecule has 1 atom stereocenters. The van der Waals surface area contributed by atoms with Gasteiger partial charge in [0.1, 0.15) is 0 Å². The first-order valence-electron chi connectivity index (χ1n) is 5.77. The van der Waals surface area contributed by atoms with Gasteiger partial charge in [-0.15, -0.1) is 0 Å². The number of hydrogen-bond donors (Lipinski definition) is 1. The number of rotatable bonds is 0. The number of fused-ring (bicyclic) bond motifs is 2. The molecule has 2 aromatic carbocycles. The Bertz CT molecular complexity index is 516. The highest BCUT2D eigenvalue weighted by Gasteiger charge is 2.16. The molecule has 0 bridgehead atoms. The Morgan fingerprint density at radius 1 is 0.938 bits per heavy atom. The molecule has 0 radical (unpaired) electrons. The molecule has 1 aliphatic rings. The maximum Gasteiger partial charge on any atom is 0.0488 e. The van der Waals surface area contributed by atoms with E-state index < -0.39 is 0 Å². The van der Waals surface area contributed by atoms with Crippen LogP contribution < -0.4 is 5.32 Å². The fraction of sp³-hybridized carbons (Fsp3) is 0.200. The van der Waals surface area contributed by atoms with Gasteiger partial charge in [-0.25, -0.2) is 0 Å². The van der Waals surface area contributed by atoms with Gasteiger partial charge in [0.05, 0.1) is 0 Å². The normalized spacial score (nSPS) is 17.9. The van der Waals surface area contributed by atoms with Crippen molar-refractivity contribution in [3.8, 4) is 0 Å². The topological polar surface area (TPSA) is 12.0 Å². The summed E-state index contributed by atoms with van der Waals surface area (Å²) < 4.78 is 0. The van der Waals surface area contributed by atoms with Gasteiger partial charge < -0.3 is 5.32 Å². The molecule has 16 heavy (non-hydrogen) atoms. The average Bonchev–Trinajstić information content (AvgIpc) is 2.45. The van der Waals surface area contributed by atoms with Crippen molar-refractivity contribution in [1.82, 2.24) is 0 Å². The van der Waals surface area contributed by atoms with E-state index in [1.54, 1.807) is 0 Å². The summed E-state index contributed by atoms with van der Waals surface area (Å²) in [4.78, 5) is 0. The summed E-state index contributed by atoms with van der Waals surface area (Å²) >= 11 is 0. The number of para-hydroxylation sites is 1. The van der Waals surface area contributed by atoms with Crippen LogP contribution in [0.1, 0.15) is 29.7 Å². The summed E-state index contributed by atoms with van der Waals surface area (Å²) in [6.07, 6.45) is 1.03. The predicted octanol–water partition coefficient (Wildman–Crippen LogP) is 3.76. The zero-order valence-electron chi connectivity index (χ0n) is 9.40.